The number of amides is 3. The minimum Gasteiger partial charge on any atom is -0.382 e. The van der Waals surface area contributed by atoms with Crippen molar-refractivity contribution in [1.82, 2.24) is 5.32 Å². The number of hydrogen-bond donors (Lipinski definition) is 3. The molecule has 148 valence electrons. The molecule has 28 heavy (non-hydrogen) atoms. The lowest BCUT2D eigenvalue weighted by Crippen LogP contribution is -2.62. The molecule has 2 aromatic carbocycles. The molecule has 0 saturated heterocycles. The van der Waals surface area contributed by atoms with E-state index in [1.54, 1.807) is 48.5 Å². The van der Waals surface area contributed by atoms with Gasteiger partial charge in [-0.1, -0.05) is 29.8 Å². The third-order valence-corrected chi connectivity index (χ3v) is 4.68. The number of anilines is 2. The van der Waals surface area contributed by atoms with Crippen LogP contribution in [-0.4, -0.2) is 36.8 Å². The molecular formula is C20H22ClN3O4. The second-order valence-electron chi connectivity index (χ2n) is 6.27. The van der Waals surface area contributed by atoms with E-state index in [4.69, 9.17) is 16.3 Å². The first-order valence-electron chi connectivity index (χ1n) is 9.03. The number of para-hydroxylation sites is 1. The van der Waals surface area contributed by atoms with Crippen LogP contribution in [-0.2, 0) is 15.3 Å². The average molecular weight is 404 g/mol. The number of fused-ring (bicyclic) bond motifs is 1. The van der Waals surface area contributed by atoms with Crippen LogP contribution in [0.15, 0.2) is 48.5 Å². The molecule has 0 spiro atoms. The number of ether oxygens (including phenoxy) is 1. The summed E-state index contributed by atoms with van der Waals surface area (Å²) in [5.41, 5.74) is -1.21. The zero-order chi connectivity index (χ0) is 20.1. The fourth-order valence-electron chi connectivity index (χ4n) is 3.10. The van der Waals surface area contributed by atoms with Crippen molar-refractivity contribution >= 4 is 34.9 Å². The maximum absolute atomic E-state index is 13.1. The van der Waals surface area contributed by atoms with E-state index in [1.807, 2.05) is 6.92 Å². The molecule has 0 radical (unpaired) electrons. The fraction of sp³-hybridized carbons (Fsp3) is 0.300. The van der Waals surface area contributed by atoms with E-state index in [-0.39, 0.29) is 5.56 Å². The van der Waals surface area contributed by atoms with Gasteiger partial charge in [-0.15, -0.1) is 0 Å². The predicted molar refractivity (Wildman–Crippen MR) is 107 cm³/mol. The van der Waals surface area contributed by atoms with E-state index < -0.39 is 17.7 Å². The van der Waals surface area contributed by atoms with Crippen molar-refractivity contribution in [1.29, 1.82) is 0 Å². The van der Waals surface area contributed by atoms with Gasteiger partial charge >= 0.3 is 6.03 Å². The van der Waals surface area contributed by atoms with Gasteiger partial charge in [0.25, 0.3) is 11.6 Å². The zero-order valence-corrected chi connectivity index (χ0v) is 16.2. The van der Waals surface area contributed by atoms with Gasteiger partial charge in [-0.25, -0.2) is 4.79 Å². The van der Waals surface area contributed by atoms with Crippen LogP contribution in [0.25, 0.3) is 0 Å². The monoisotopic (exact) mass is 403 g/mol. The topological polar surface area (TPSA) is 90.9 Å². The lowest BCUT2D eigenvalue weighted by molar-refractivity contribution is -0.140. The lowest BCUT2D eigenvalue weighted by Gasteiger charge is -2.42. The van der Waals surface area contributed by atoms with Crippen LogP contribution in [0.4, 0.5) is 16.2 Å². The second-order valence-corrected chi connectivity index (χ2v) is 6.70. The van der Waals surface area contributed by atoms with E-state index in [0.717, 1.165) is 4.90 Å². The Balaban J connectivity index is 1.96. The highest BCUT2D eigenvalue weighted by atomic mass is 35.5. The van der Waals surface area contributed by atoms with E-state index in [0.29, 0.717) is 42.6 Å². The number of nitrogens with zero attached hydrogens (tertiary/aromatic N) is 1. The summed E-state index contributed by atoms with van der Waals surface area (Å²) in [6, 6.07) is 12.4. The molecule has 2 aromatic rings. The van der Waals surface area contributed by atoms with Gasteiger partial charge in [0.2, 0.25) is 0 Å². The predicted octanol–water partition coefficient (Wildman–Crippen LogP) is 3.08. The molecule has 0 bridgehead atoms. The molecular weight excluding hydrogens is 382 g/mol. The smallest absolute Gasteiger partial charge is 0.329 e. The van der Waals surface area contributed by atoms with Gasteiger partial charge in [-0.05, 0) is 43.7 Å². The minimum atomic E-state index is -2.21. The number of benzene rings is 2. The summed E-state index contributed by atoms with van der Waals surface area (Å²) in [6.45, 7) is 3.28. The van der Waals surface area contributed by atoms with Gasteiger partial charge in [-0.2, -0.15) is 0 Å². The number of carbonyl (C=O) groups is 2. The molecule has 3 N–H and O–H groups in total. The molecule has 7 nitrogen and oxygen atoms in total. The molecule has 0 aliphatic carbocycles. The van der Waals surface area contributed by atoms with E-state index >= 15 is 0 Å². The number of halogens is 1. The van der Waals surface area contributed by atoms with E-state index in [1.165, 1.54) is 0 Å². The molecule has 3 amide bonds. The fourth-order valence-corrected chi connectivity index (χ4v) is 3.22. The largest absolute Gasteiger partial charge is 0.382 e. The molecule has 8 heteroatoms. The Morgan fingerprint density at radius 1 is 1.25 bits per heavy atom. The molecule has 0 saturated carbocycles. The van der Waals surface area contributed by atoms with Crippen molar-refractivity contribution in [3.63, 3.8) is 0 Å². The van der Waals surface area contributed by atoms with Crippen LogP contribution >= 0.6 is 11.6 Å². The number of carbonyl (C=O) groups excluding carboxylic acids is 2. The molecule has 1 aliphatic rings. The SMILES string of the molecule is CCOCCCNC(=O)[C@@]1(O)c2ccccc2NC(=O)N1c1ccc(Cl)cc1. The summed E-state index contributed by atoms with van der Waals surface area (Å²) in [6.07, 6.45) is 0.588. The van der Waals surface area contributed by atoms with Crippen molar-refractivity contribution in [3.05, 3.63) is 59.1 Å². The van der Waals surface area contributed by atoms with Crippen molar-refractivity contribution < 1.29 is 19.4 Å². The molecule has 3 rings (SSSR count). The maximum Gasteiger partial charge on any atom is 0.329 e. The highest BCUT2D eigenvalue weighted by Gasteiger charge is 2.51. The van der Waals surface area contributed by atoms with E-state index in [2.05, 4.69) is 10.6 Å². The number of rotatable bonds is 7. The zero-order valence-electron chi connectivity index (χ0n) is 15.4. The Hall–Kier alpha value is -2.61. The summed E-state index contributed by atoms with van der Waals surface area (Å²) < 4.78 is 5.26. The van der Waals surface area contributed by atoms with Crippen molar-refractivity contribution in [2.75, 3.05) is 30.0 Å². The number of nitrogens with one attached hydrogen (secondary N) is 2. The average Bonchev–Trinajstić information content (AvgIpc) is 2.69. The third kappa shape index (κ3) is 3.82. The Kier molecular flexibility index (Phi) is 6.18. The maximum atomic E-state index is 13.1. The van der Waals surface area contributed by atoms with Crippen LogP contribution in [0, 0.1) is 0 Å². The Morgan fingerprint density at radius 3 is 2.68 bits per heavy atom. The molecule has 0 aromatic heterocycles. The van der Waals surface area contributed by atoms with Crippen LogP contribution in [0.3, 0.4) is 0 Å². The first-order chi connectivity index (χ1) is 13.5. The number of urea groups is 1. The third-order valence-electron chi connectivity index (χ3n) is 4.43. The number of aliphatic hydroxyl groups is 1. The standard InChI is InChI=1S/C20H22ClN3O4/c1-2-28-13-5-12-22-18(25)20(27)16-6-3-4-7-17(16)23-19(26)24(20)15-10-8-14(21)9-11-15/h3-4,6-11,27H,2,5,12-13H2,1H3,(H,22,25)(H,23,26)/t20-/m0/s1. The minimum absolute atomic E-state index is 0.284. The van der Waals surface area contributed by atoms with Crippen molar-refractivity contribution in [2.24, 2.45) is 0 Å². The normalized spacial score (nSPS) is 18.4. The summed E-state index contributed by atoms with van der Waals surface area (Å²) in [5, 5.41) is 17.4. The van der Waals surface area contributed by atoms with Gasteiger partial charge in [0, 0.05) is 36.0 Å². The second kappa shape index (κ2) is 8.60. The molecule has 1 aliphatic heterocycles. The Labute approximate surface area is 168 Å². The highest BCUT2D eigenvalue weighted by molar-refractivity contribution is 6.30. The van der Waals surface area contributed by atoms with Gasteiger partial charge in [-0.3, -0.25) is 9.69 Å². The summed E-state index contributed by atoms with van der Waals surface area (Å²) >= 11 is 5.94. The number of hydrogen-bond acceptors (Lipinski definition) is 4. The summed E-state index contributed by atoms with van der Waals surface area (Å²) in [5.74, 6) is -0.693. The van der Waals surface area contributed by atoms with Gasteiger partial charge < -0.3 is 20.5 Å². The molecule has 1 atom stereocenters. The molecule has 0 fully saturated rings. The highest BCUT2D eigenvalue weighted by Crippen LogP contribution is 2.39. The van der Waals surface area contributed by atoms with Gasteiger partial charge in [0.1, 0.15) is 0 Å². The summed E-state index contributed by atoms with van der Waals surface area (Å²) in [4.78, 5) is 26.9. The molecule has 1 heterocycles. The van der Waals surface area contributed by atoms with Crippen LogP contribution in [0.1, 0.15) is 18.9 Å². The van der Waals surface area contributed by atoms with Gasteiger partial charge in [0.15, 0.2) is 0 Å². The first-order valence-corrected chi connectivity index (χ1v) is 9.41. The van der Waals surface area contributed by atoms with Crippen molar-refractivity contribution in [2.45, 2.75) is 19.1 Å². The lowest BCUT2D eigenvalue weighted by atomic mass is 9.95. The first kappa shape index (κ1) is 20.1. The van der Waals surface area contributed by atoms with Gasteiger partial charge in [0.05, 0.1) is 5.69 Å². The van der Waals surface area contributed by atoms with E-state index in [9.17, 15) is 14.7 Å². The Morgan fingerprint density at radius 2 is 1.96 bits per heavy atom. The quantitative estimate of drug-likeness (QED) is 0.619. The summed E-state index contributed by atoms with van der Waals surface area (Å²) in [7, 11) is 0. The van der Waals surface area contributed by atoms with Crippen molar-refractivity contribution in [3.8, 4) is 0 Å². The molecule has 0 unspecified atom stereocenters. The van der Waals surface area contributed by atoms with Crippen LogP contribution in [0.5, 0.6) is 0 Å². The Bertz CT molecular complexity index is 859. The van der Waals surface area contributed by atoms with Crippen LogP contribution in [0.2, 0.25) is 5.02 Å². The van der Waals surface area contributed by atoms with Crippen LogP contribution < -0.4 is 15.5 Å².